The predicted octanol–water partition coefficient (Wildman–Crippen LogP) is 2.22. The lowest BCUT2D eigenvalue weighted by Gasteiger charge is -2.48. The van der Waals surface area contributed by atoms with Crippen molar-refractivity contribution < 1.29 is 19.1 Å². The van der Waals surface area contributed by atoms with Gasteiger partial charge in [-0.25, -0.2) is 4.79 Å². The standard InChI is InChI=1S/C21H24N2O4/c1-12-15-10-23-8-7-21(19(24)13-5-3-4-6-17(13)22-21)18(23)9-14(15)16(11-27-12)20(25)26-2/h3-6,11-12,14-15,18,22H,7-10H2,1-2H3/t12-,14-,15+,18-,21-/m0/s1. The van der Waals surface area contributed by atoms with Crippen molar-refractivity contribution in [3.05, 3.63) is 41.7 Å². The second kappa shape index (κ2) is 5.83. The van der Waals surface area contributed by atoms with Crippen molar-refractivity contribution >= 4 is 17.4 Å². The fourth-order valence-electron chi connectivity index (χ4n) is 5.59. The first-order valence-corrected chi connectivity index (χ1v) is 9.65. The molecular weight excluding hydrogens is 344 g/mol. The summed E-state index contributed by atoms with van der Waals surface area (Å²) in [7, 11) is 1.40. The van der Waals surface area contributed by atoms with Crippen LogP contribution in [0.1, 0.15) is 30.1 Å². The van der Waals surface area contributed by atoms with Crippen molar-refractivity contribution in [2.24, 2.45) is 11.8 Å². The Bertz CT molecular complexity index is 850. The molecule has 27 heavy (non-hydrogen) atoms. The summed E-state index contributed by atoms with van der Waals surface area (Å²) >= 11 is 0. The molecule has 2 fully saturated rings. The van der Waals surface area contributed by atoms with Gasteiger partial charge in [0.2, 0.25) is 0 Å². The monoisotopic (exact) mass is 368 g/mol. The number of piperidine rings is 1. The van der Waals surface area contributed by atoms with Gasteiger partial charge in [0, 0.05) is 42.2 Å². The second-order valence-electron chi connectivity index (χ2n) is 8.14. The van der Waals surface area contributed by atoms with Crippen LogP contribution in [0.25, 0.3) is 0 Å². The largest absolute Gasteiger partial charge is 0.497 e. The number of nitrogens with one attached hydrogen (secondary N) is 1. The number of fused-ring (bicyclic) bond motifs is 4. The minimum absolute atomic E-state index is 0.0466. The van der Waals surface area contributed by atoms with Gasteiger partial charge in [0.25, 0.3) is 0 Å². The van der Waals surface area contributed by atoms with Crippen LogP contribution < -0.4 is 5.32 Å². The fourth-order valence-corrected chi connectivity index (χ4v) is 5.59. The molecule has 5 atom stereocenters. The molecule has 4 aliphatic heterocycles. The molecule has 0 saturated carbocycles. The highest BCUT2D eigenvalue weighted by molar-refractivity contribution is 6.14. The number of para-hydroxylation sites is 1. The summed E-state index contributed by atoms with van der Waals surface area (Å²) in [6.07, 6.45) is 3.17. The summed E-state index contributed by atoms with van der Waals surface area (Å²) in [4.78, 5) is 28.1. The van der Waals surface area contributed by atoms with E-state index < -0.39 is 5.54 Å². The number of Topliss-reactive ketones (excluding diaryl/α,β-unsaturated/α-hetero) is 1. The molecule has 0 amide bonds. The quantitative estimate of drug-likeness (QED) is 0.767. The zero-order valence-corrected chi connectivity index (χ0v) is 15.6. The summed E-state index contributed by atoms with van der Waals surface area (Å²) in [5, 5.41) is 3.57. The molecule has 1 aromatic rings. The molecule has 0 bridgehead atoms. The summed E-state index contributed by atoms with van der Waals surface area (Å²) in [5.41, 5.74) is 1.73. The van der Waals surface area contributed by atoms with E-state index in [0.29, 0.717) is 5.57 Å². The van der Waals surface area contributed by atoms with Crippen LogP contribution in [0.5, 0.6) is 0 Å². The topological polar surface area (TPSA) is 67.9 Å². The van der Waals surface area contributed by atoms with Crippen LogP contribution in [0, 0.1) is 11.8 Å². The maximum Gasteiger partial charge on any atom is 0.337 e. The third-order valence-electron chi connectivity index (χ3n) is 7.01. The van der Waals surface area contributed by atoms with Gasteiger partial charge >= 0.3 is 5.97 Å². The Hall–Kier alpha value is -2.34. The highest BCUT2D eigenvalue weighted by Crippen LogP contribution is 2.49. The average Bonchev–Trinajstić information content (AvgIpc) is 3.19. The molecule has 0 radical (unpaired) electrons. The maximum atomic E-state index is 13.4. The van der Waals surface area contributed by atoms with E-state index in [-0.39, 0.29) is 35.7 Å². The number of esters is 1. The highest BCUT2D eigenvalue weighted by Gasteiger charge is 2.60. The van der Waals surface area contributed by atoms with Crippen LogP contribution in [0.15, 0.2) is 36.1 Å². The van der Waals surface area contributed by atoms with Crippen LogP contribution in [-0.4, -0.2) is 54.5 Å². The molecular formula is C21H24N2O4. The number of nitrogens with zero attached hydrogens (tertiary/aromatic N) is 1. The van der Waals surface area contributed by atoms with Crippen molar-refractivity contribution in [2.45, 2.75) is 37.5 Å². The van der Waals surface area contributed by atoms with E-state index in [1.807, 2.05) is 24.3 Å². The van der Waals surface area contributed by atoms with Crippen LogP contribution in [0.3, 0.4) is 0 Å². The van der Waals surface area contributed by atoms with Crippen molar-refractivity contribution in [3.8, 4) is 0 Å². The van der Waals surface area contributed by atoms with Gasteiger partial charge in [-0.05, 0) is 31.9 Å². The molecule has 142 valence electrons. The van der Waals surface area contributed by atoms with E-state index >= 15 is 0 Å². The lowest BCUT2D eigenvalue weighted by molar-refractivity contribution is -0.139. The number of carbonyl (C=O) groups excluding carboxylic acids is 2. The molecule has 6 heteroatoms. The SMILES string of the molecule is COC(=O)C1=CO[C@@H](C)[C@H]2CN3CC[C@]4(Nc5ccccc5C4=O)[C@@H]3C[C@H]12. The first kappa shape index (κ1) is 16.8. The third-order valence-corrected chi connectivity index (χ3v) is 7.01. The molecule has 1 aromatic carbocycles. The first-order valence-electron chi connectivity index (χ1n) is 9.65. The Balaban J connectivity index is 1.50. The number of methoxy groups -OCH3 is 1. The zero-order valence-electron chi connectivity index (χ0n) is 15.6. The summed E-state index contributed by atoms with van der Waals surface area (Å²) in [6, 6.07) is 7.83. The number of anilines is 1. The van der Waals surface area contributed by atoms with Crippen molar-refractivity contribution in [1.82, 2.24) is 4.90 Å². The second-order valence-corrected chi connectivity index (χ2v) is 8.14. The molecule has 1 spiro atoms. The Morgan fingerprint density at radius 2 is 2.19 bits per heavy atom. The Kier molecular flexibility index (Phi) is 3.63. The van der Waals surface area contributed by atoms with Crippen molar-refractivity contribution in [2.75, 3.05) is 25.5 Å². The Labute approximate surface area is 158 Å². The van der Waals surface area contributed by atoms with Gasteiger partial charge < -0.3 is 14.8 Å². The Morgan fingerprint density at radius 1 is 1.37 bits per heavy atom. The predicted molar refractivity (Wildman–Crippen MR) is 99.3 cm³/mol. The van der Waals surface area contributed by atoms with E-state index in [9.17, 15) is 9.59 Å². The molecule has 4 aliphatic rings. The van der Waals surface area contributed by atoms with E-state index in [4.69, 9.17) is 9.47 Å². The van der Waals surface area contributed by atoms with E-state index in [1.165, 1.54) is 7.11 Å². The fraction of sp³-hybridized carbons (Fsp3) is 0.524. The smallest absolute Gasteiger partial charge is 0.337 e. The van der Waals surface area contributed by atoms with Gasteiger partial charge in [0.1, 0.15) is 5.54 Å². The lowest BCUT2D eigenvalue weighted by atomic mass is 9.70. The van der Waals surface area contributed by atoms with Gasteiger partial charge in [-0.3, -0.25) is 9.69 Å². The minimum Gasteiger partial charge on any atom is -0.497 e. The number of benzene rings is 1. The number of hydrogen-bond donors (Lipinski definition) is 1. The molecule has 0 aromatic heterocycles. The van der Waals surface area contributed by atoms with Crippen LogP contribution >= 0.6 is 0 Å². The normalized spacial score (nSPS) is 37.0. The summed E-state index contributed by atoms with van der Waals surface area (Å²) in [6.45, 7) is 3.77. The third kappa shape index (κ3) is 2.22. The van der Waals surface area contributed by atoms with E-state index in [2.05, 4.69) is 17.1 Å². The Morgan fingerprint density at radius 3 is 2.96 bits per heavy atom. The highest BCUT2D eigenvalue weighted by atomic mass is 16.5. The number of carbonyl (C=O) groups is 2. The number of rotatable bonds is 1. The first-order chi connectivity index (χ1) is 13.0. The van der Waals surface area contributed by atoms with Crippen LogP contribution in [0.4, 0.5) is 5.69 Å². The van der Waals surface area contributed by atoms with Gasteiger partial charge in [0.15, 0.2) is 5.78 Å². The molecule has 5 rings (SSSR count). The van der Waals surface area contributed by atoms with Crippen molar-refractivity contribution in [3.63, 3.8) is 0 Å². The molecule has 0 aliphatic carbocycles. The molecule has 0 unspecified atom stereocenters. The molecule has 4 heterocycles. The minimum atomic E-state index is -0.586. The van der Waals surface area contributed by atoms with Crippen molar-refractivity contribution in [1.29, 1.82) is 0 Å². The molecule has 2 saturated heterocycles. The van der Waals surface area contributed by atoms with E-state index in [1.54, 1.807) is 6.26 Å². The average molecular weight is 368 g/mol. The lowest BCUT2D eigenvalue weighted by Crippen LogP contribution is -2.59. The van der Waals surface area contributed by atoms with Crippen LogP contribution in [-0.2, 0) is 14.3 Å². The number of ketones is 1. The number of ether oxygens (including phenoxy) is 2. The zero-order chi connectivity index (χ0) is 18.8. The maximum absolute atomic E-state index is 13.4. The van der Waals surface area contributed by atoms with Gasteiger partial charge in [-0.1, -0.05) is 12.1 Å². The number of hydrogen-bond acceptors (Lipinski definition) is 6. The summed E-state index contributed by atoms with van der Waals surface area (Å²) in [5.74, 6) is 0.143. The molecule has 1 N–H and O–H groups in total. The van der Waals surface area contributed by atoms with Crippen LogP contribution in [0.2, 0.25) is 0 Å². The van der Waals surface area contributed by atoms with E-state index in [0.717, 1.165) is 37.2 Å². The molecule has 6 nitrogen and oxygen atoms in total. The van der Waals surface area contributed by atoms with Gasteiger partial charge in [-0.15, -0.1) is 0 Å². The summed E-state index contributed by atoms with van der Waals surface area (Å²) < 4.78 is 10.7. The van der Waals surface area contributed by atoms with Gasteiger partial charge in [-0.2, -0.15) is 0 Å². The van der Waals surface area contributed by atoms with Gasteiger partial charge in [0.05, 0.1) is 25.0 Å².